The molecule has 0 aromatic heterocycles. The molecule has 32 heavy (non-hydrogen) atoms. The van der Waals surface area contributed by atoms with E-state index in [1.807, 2.05) is 11.0 Å². The van der Waals surface area contributed by atoms with Gasteiger partial charge in [0, 0.05) is 31.2 Å². The second kappa shape index (κ2) is 9.71. The number of hydrogen-bond acceptors (Lipinski definition) is 3. The maximum Gasteiger partial charge on any atom is 0.254 e. The van der Waals surface area contributed by atoms with Crippen molar-refractivity contribution >= 4 is 15.9 Å². The Bertz CT molecular complexity index is 1050. The lowest BCUT2D eigenvalue weighted by Gasteiger charge is -2.30. The lowest BCUT2D eigenvalue weighted by molar-refractivity contribution is 0.0736. The minimum atomic E-state index is -3.58. The third-order valence-electron chi connectivity index (χ3n) is 6.87. The van der Waals surface area contributed by atoms with E-state index in [4.69, 9.17) is 0 Å². The smallest absolute Gasteiger partial charge is 0.254 e. The van der Waals surface area contributed by atoms with Crippen molar-refractivity contribution in [1.82, 2.24) is 9.21 Å². The third-order valence-corrected chi connectivity index (χ3v) is 8.79. The summed E-state index contributed by atoms with van der Waals surface area (Å²) in [6, 6.07) is 12.9. The average molecular weight is 459 g/mol. The average Bonchev–Trinajstić information content (AvgIpc) is 3.26. The molecule has 7 heteroatoms. The number of benzene rings is 2. The molecule has 1 heterocycles. The van der Waals surface area contributed by atoms with Gasteiger partial charge in [0.1, 0.15) is 5.82 Å². The van der Waals surface area contributed by atoms with E-state index in [0.717, 1.165) is 50.5 Å². The fraction of sp³-hybridized carbons (Fsp3) is 0.480. The summed E-state index contributed by atoms with van der Waals surface area (Å²) in [5, 5.41) is 0. The van der Waals surface area contributed by atoms with Gasteiger partial charge in [-0.1, -0.05) is 31.4 Å². The Hall–Kier alpha value is -2.25. The van der Waals surface area contributed by atoms with Gasteiger partial charge >= 0.3 is 0 Å². The summed E-state index contributed by atoms with van der Waals surface area (Å²) in [6.07, 6.45) is 7.47. The molecule has 0 bridgehead atoms. The van der Waals surface area contributed by atoms with Crippen LogP contribution in [0.3, 0.4) is 0 Å². The highest BCUT2D eigenvalue weighted by Crippen LogP contribution is 2.28. The number of nitrogens with zero attached hydrogens (tertiary/aromatic N) is 2. The first-order valence-corrected chi connectivity index (χ1v) is 12.9. The van der Waals surface area contributed by atoms with Gasteiger partial charge in [0.05, 0.1) is 4.90 Å². The Kier molecular flexibility index (Phi) is 6.96. The summed E-state index contributed by atoms with van der Waals surface area (Å²) in [5.41, 5.74) is 1.36. The van der Waals surface area contributed by atoms with Crippen LogP contribution in [-0.4, -0.2) is 49.2 Å². The van der Waals surface area contributed by atoms with Crippen LogP contribution in [0.5, 0.6) is 0 Å². The van der Waals surface area contributed by atoms with E-state index in [0.29, 0.717) is 18.5 Å². The molecule has 1 aliphatic carbocycles. The number of hydrogen-bond donors (Lipinski definition) is 0. The van der Waals surface area contributed by atoms with Crippen LogP contribution in [0.25, 0.3) is 0 Å². The quantitative estimate of drug-likeness (QED) is 0.634. The number of rotatable bonds is 6. The van der Waals surface area contributed by atoms with E-state index in [2.05, 4.69) is 0 Å². The van der Waals surface area contributed by atoms with Gasteiger partial charge in [-0.3, -0.25) is 4.79 Å². The maximum absolute atomic E-state index is 13.5. The number of carbonyl (C=O) groups is 1. The molecule has 1 amide bonds. The fourth-order valence-electron chi connectivity index (χ4n) is 4.99. The molecule has 1 atom stereocenters. The second-order valence-electron chi connectivity index (χ2n) is 8.97. The molecule has 4 rings (SSSR count). The van der Waals surface area contributed by atoms with E-state index in [1.54, 1.807) is 37.4 Å². The van der Waals surface area contributed by atoms with Crippen LogP contribution in [0.1, 0.15) is 60.9 Å². The molecule has 2 aliphatic rings. The van der Waals surface area contributed by atoms with Gasteiger partial charge in [-0.15, -0.1) is 0 Å². The Labute approximate surface area is 190 Å². The van der Waals surface area contributed by atoms with Crippen molar-refractivity contribution in [3.63, 3.8) is 0 Å². The minimum absolute atomic E-state index is 0.0187. The van der Waals surface area contributed by atoms with Crippen molar-refractivity contribution in [3.05, 3.63) is 65.5 Å². The topological polar surface area (TPSA) is 57.7 Å². The summed E-state index contributed by atoms with van der Waals surface area (Å²) in [5.74, 6) is -0.373. The zero-order chi connectivity index (χ0) is 22.7. The van der Waals surface area contributed by atoms with Gasteiger partial charge in [0.2, 0.25) is 10.0 Å². The van der Waals surface area contributed by atoms with Crippen molar-refractivity contribution in [1.29, 1.82) is 0 Å². The van der Waals surface area contributed by atoms with E-state index in [1.165, 1.54) is 16.4 Å². The van der Waals surface area contributed by atoms with E-state index < -0.39 is 10.0 Å². The third kappa shape index (κ3) is 4.89. The largest absolute Gasteiger partial charge is 0.335 e. The zero-order valence-electron chi connectivity index (χ0n) is 18.5. The first-order valence-electron chi connectivity index (χ1n) is 11.5. The summed E-state index contributed by atoms with van der Waals surface area (Å²) < 4.78 is 41.1. The fourth-order valence-corrected chi connectivity index (χ4v) is 6.41. The van der Waals surface area contributed by atoms with Gasteiger partial charge < -0.3 is 4.90 Å². The predicted molar refractivity (Wildman–Crippen MR) is 122 cm³/mol. The van der Waals surface area contributed by atoms with E-state index in [-0.39, 0.29) is 28.7 Å². The molecule has 1 saturated heterocycles. The first-order chi connectivity index (χ1) is 15.4. The Morgan fingerprint density at radius 1 is 1.03 bits per heavy atom. The number of likely N-dealkylation sites (tertiary alicyclic amines) is 1. The summed E-state index contributed by atoms with van der Waals surface area (Å²) in [7, 11) is -1.92. The van der Waals surface area contributed by atoms with Gasteiger partial charge in [0.25, 0.3) is 5.91 Å². The van der Waals surface area contributed by atoms with Crippen LogP contribution in [0.15, 0.2) is 53.4 Å². The zero-order valence-corrected chi connectivity index (χ0v) is 19.4. The second-order valence-corrected chi connectivity index (χ2v) is 11.0. The summed E-state index contributed by atoms with van der Waals surface area (Å²) in [4.78, 5) is 15.2. The first kappa shape index (κ1) is 22.9. The summed E-state index contributed by atoms with van der Waals surface area (Å²) in [6.45, 7) is 0.656. The van der Waals surface area contributed by atoms with Crippen LogP contribution in [0, 0.1) is 5.82 Å². The lowest BCUT2D eigenvalue weighted by atomic mass is 9.96. The number of halogens is 1. The molecule has 1 aliphatic heterocycles. The molecule has 2 aromatic carbocycles. The molecular weight excluding hydrogens is 427 g/mol. The molecule has 2 fully saturated rings. The van der Waals surface area contributed by atoms with Crippen LogP contribution in [0.2, 0.25) is 0 Å². The van der Waals surface area contributed by atoms with Gasteiger partial charge in [-0.25, -0.2) is 12.8 Å². The summed E-state index contributed by atoms with van der Waals surface area (Å²) >= 11 is 0. The number of carbonyl (C=O) groups excluding carboxylic acids is 1. The monoisotopic (exact) mass is 458 g/mol. The predicted octanol–water partition coefficient (Wildman–Crippen LogP) is 4.63. The highest BCUT2D eigenvalue weighted by atomic mass is 32.2. The van der Waals surface area contributed by atoms with Crippen molar-refractivity contribution in [2.45, 2.75) is 68.3 Å². The van der Waals surface area contributed by atoms with Crippen molar-refractivity contribution in [2.75, 3.05) is 13.6 Å². The number of amides is 1. The molecule has 0 N–H and O–H groups in total. The maximum atomic E-state index is 13.5. The number of sulfonamides is 1. The molecule has 5 nitrogen and oxygen atoms in total. The van der Waals surface area contributed by atoms with Crippen molar-refractivity contribution in [2.24, 2.45) is 0 Å². The minimum Gasteiger partial charge on any atom is -0.335 e. The molecule has 1 saturated carbocycles. The van der Waals surface area contributed by atoms with E-state index >= 15 is 0 Å². The normalized spacial score (nSPS) is 20.1. The van der Waals surface area contributed by atoms with Crippen molar-refractivity contribution < 1.29 is 17.6 Å². The molecule has 1 unspecified atom stereocenters. The Morgan fingerprint density at radius 3 is 2.44 bits per heavy atom. The van der Waals surface area contributed by atoms with Gasteiger partial charge in [0.15, 0.2) is 0 Å². The van der Waals surface area contributed by atoms with Gasteiger partial charge in [-0.2, -0.15) is 4.31 Å². The lowest BCUT2D eigenvalue weighted by Crippen LogP contribution is -2.38. The molecule has 2 aromatic rings. The van der Waals surface area contributed by atoms with Crippen LogP contribution in [0.4, 0.5) is 4.39 Å². The molecule has 0 spiro atoms. The van der Waals surface area contributed by atoms with Gasteiger partial charge in [-0.05, 0) is 74.1 Å². The highest BCUT2D eigenvalue weighted by Gasteiger charge is 2.31. The van der Waals surface area contributed by atoms with Crippen LogP contribution < -0.4 is 0 Å². The standard InChI is InChI=1S/C25H31FN2O3S/c1-27(22-9-3-2-4-10-22)32(30,31)24-14-12-20(13-15-24)25(29)28-16-6-11-23(28)18-19-7-5-8-21(26)17-19/h5,7-8,12-15,17,22-23H,2-4,6,9-11,16,18H2,1H3. The van der Waals surface area contributed by atoms with Crippen LogP contribution in [-0.2, 0) is 16.4 Å². The Morgan fingerprint density at radius 2 is 1.75 bits per heavy atom. The molecule has 0 radical (unpaired) electrons. The van der Waals surface area contributed by atoms with Crippen LogP contribution >= 0.6 is 0 Å². The highest BCUT2D eigenvalue weighted by molar-refractivity contribution is 7.89. The Balaban J connectivity index is 1.46. The van der Waals surface area contributed by atoms with Crippen molar-refractivity contribution in [3.8, 4) is 0 Å². The molecular formula is C25H31FN2O3S. The van der Waals surface area contributed by atoms with E-state index in [9.17, 15) is 17.6 Å². The molecule has 172 valence electrons. The SMILES string of the molecule is CN(C1CCCCC1)S(=O)(=O)c1ccc(C(=O)N2CCCC2Cc2cccc(F)c2)cc1.